The molecular formula is C17H15BrN4O2S2. The van der Waals surface area contributed by atoms with E-state index in [1.165, 1.54) is 16.4 Å². The highest BCUT2D eigenvalue weighted by molar-refractivity contribution is 9.10. The molecule has 0 atom stereocenters. The molecule has 2 aromatic carbocycles. The van der Waals surface area contributed by atoms with Gasteiger partial charge in [-0.25, -0.2) is 12.4 Å². The first kappa shape index (κ1) is 18.6. The average molecular weight is 451 g/mol. The fourth-order valence-corrected chi connectivity index (χ4v) is 4.28. The predicted octanol–water partition coefficient (Wildman–Crippen LogP) is 3.12. The minimum atomic E-state index is -3.75. The number of hydrogen-bond acceptors (Lipinski definition) is 4. The quantitative estimate of drug-likeness (QED) is 0.362. The van der Waals surface area contributed by atoms with Gasteiger partial charge >= 0.3 is 0 Å². The summed E-state index contributed by atoms with van der Waals surface area (Å²) in [5.74, 6) is 0. The molecule has 0 bridgehead atoms. The van der Waals surface area contributed by atoms with Crippen molar-refractivity contribution in [2.75, 3.05) is 0 Å². The molecule has 134 valence electrons. The summed E-state index contributed by atoms with van der Waals surface area (Å²) >= 11 is 8.12. The highest BCUT2D eigenvalue weighted by atomic mass is 79.9. The minimum absolute atomic E-state index is 0.0263. The van der Waals surface area contributed by atoms with E-state index < -0.39 is 10.0 Å². The molecule has 0 aliphatic rings. The summed E-state index contributed by atoms with van der Waals surface area (Å²) in [6, 6.07) is 12.1. The second kappa shape index (κ2) is 7.18. The van der Waals surface area contributed by atoms with Crippen molar-refractivity contribution in [3.05, 3.63) is 64.3 Å². The van der Waals surface area contributed by atoms with Crippen LogP contribution in [0.25, 0.3) is 10.9 Å². The lowest BCUT2D eigenvalue weighted by Crippen LogP contribution is -2.23. The van der Waals surface area contributed by atoms with E-state index in [0.717, 1.165) is 15.4 Å². The van der Waals surface area contributed by atoms with Crippen molar-refractivity contribution in [1.29, 1.82) is 0 Å². The van der Waals surface area contributed by atoms with Gasteiger partial charge in [0.1, 0.15) is 0 Å². The predicted molar refractivity (Wildman–Crippen MR) is 111 cm³/mol. The number of hydrazone groups is 1. The Labute approximate surface area is 164 Å². The fraction of sp³-hybridized carbons (Fsp3) is 0.0588. The number of thiocarbonyl (C=S) groups is 1. The zero-order chi connectivity index (χ0) is 18.9. The van der Waals surface area contributed by atoms with E-state index in [-0.39, 0.29) is 10.0 Å². The summed E-state index contributed by atoms with van der Waals surface area (Å²) in [5.41, 5.74) is 9.97. The number of fused-ring (bicyclic) bond motifs is 1. The normalized spacial score (nSPS) is 11.9. The Kier molecular flexibility index (Phi) is 5.12. The standard InChI is InChI=1S/C17H15BrN4O2S2/c1-11-2-5-14(6-3-11)26(23,24)22-10-12(9-20-21-17(19)25)15-8-13(18)4-7-16(15)22/h2-10H,1H3,(H3,19,21,25)/b20-9-. The zero-order valence-corrected chi connectivity index (χ0v) is 16.9. The number of halogens is 1. The molecule has 3 aromatic rings. The van der Waals surface area contributed by atoms with Gasteiger partial charge < -0.3 is 5.73 Å². The van der Waals surface area contributed by atoms with Crippen LogP contribution in [-0.2, 0) is 10.0 Å². The Hall–Kier alpha value is -2.23. The lowest BCUT2D eigenvalue weighted by atomic mass is 10.2. The largest absolute Gasteiger partial charge is 0.375 e. The highest BCUT2D eigenvalue weighted by Gasteiger charge is 2.21. The molecule has 3 N–H and O–H groups in total. The number of nitrogens with one attached hydrogen (secondary N) is 1. The second-order valence-corrected chi connectivity index (χ2v) is 8.76. The average Bonchev–Trinajstić information content (AvgIpc) is 2.94. The molecule has 0 fully saturated rings. The molecule has 1 heterocycles. The van der Waals surface area contributed by atoms with Crippen LogP contribution in [0.5, 0.6) is 0 Å². The fourth-order valence-electron chi connectivity index (χ4n) is 2.49. The molecule has 0 unspecified atom stereocenters. The zero-order valence-electron chi connectivity index (χ0n) is 13.7. The lowest BCUT2D eigenvalue weighted by Gasteiger charge is -2.08. The Balaban J connectivity index is 2.18. The number of benzene rings is 2. The number of nitrogens with two attached hydrogens (primary N) is 1. The third kappa shape index (κ3) is 3.64. The number of nitrogens with zero attached hydrogens (tertiary/aromatic N) is 2. The molecular weight excluding hydrogens is 436 g/mol. The maximum Gasteiger partial charge on any atom is 0.268 e. The number of hydrogen-bond donors (Lipinski definition) is 2. The molecule has 6 nitrogen and oxygen atoms in total. The molecule has 0 radical (unpaired) electrons. The van der Waals surface area contributed by atoms with Crippen molar-refractivity contribution < 1.29 is 8.42 Å². The first-order valence-electron chi connectivity index (χ1n) is 7.50. The minimum Gasteiger partial charge on any atom is -0.375 e. The monoisotopic (exact) mass is 450 g/mol. The van der Waals surface area contributed by atoms with Gasteiger partial charge in [0, 0.05) is 21.6 Å². The van der Waals surface area contributed by atoms with E-state index in [0.29, 0.717) is 11.1 Å². The summed E-state index contributed by atoms with van der Waals surface area (Å²) < 4.78 is 28.3. The topological polar surface area (TPSA) is 89.5 Å². The Bertz CT molecular complexity index is 1120. The first-order chi connectivity index (χ1) is 12.3. The lowest BCUT2D eigenvalue weighted by molar-refractivity contribution is 0.589. The molecule has 0 spiro atoms. The second-order valence-electron chi connectivity index (χ2n) is 5.59. The summed E-state index contributed by atoms with van der Waals surface area (Å²) in [4.78, 5) is 0.215. The van der Waals surface area contributed by atoms with Crippen molar-refractivity contribution in [2.24, 2.45) is 10.8 Å². The number of rotatable bonds is 4. The third-order valence-corrected chi connectivity index (χ3v) is 5.99. The van der Waals surface area contributed by atoms with Crippen LogP contribution in [0.15, 0.2) is 63.1 Å². The summed E-state index contributed by atoms with van der Waals surface area (Å²) in [7, 11) is -3.75. The number of aryl methyl sites for hydroxylation is 1. The van der Waals surface area contributed by atoms with Gasteiger partial charge in [0.05, 0.1) is 16.6 Å². The maximum atomic E-state index is 13.1. The van der Waals surface area contributed by atoms with E-state index in [9.17, 15) is 8.42 Å². The molecule has 26 heavy (non-hydrogen) atoms. The van der Waals surface area contributed by atoms with Crippen LogP contribution in [0.1, 0.15) is 11.1 Å². The Morgan fingerprint density at radius 3 is 2.62 bits per heavy atom. The van der Waals surface area contributed by atoms with E-state index in [1.54, 1.807) is 36.4 Å². The highest BCUT2D eigenvalue weighted by Crippen LogP contribution is 2.28. The Morgan fingerprint density at radius 1 is 1.27 bits per heavy atom. The molecule has 3 rings (SSSR count). The van der Waals surface area contributed by atoms with Crippen LogP contribution in [0.3, 0.4) is 0 Å². The van der Waals surface area contributed by atoms with Crippen LogP contribution in [0.4, 0.5) is 0 Å². The molecule has 0 saturated carbocycles. The molecule has 0 aliphatic carbocycles. The molecule has 0 saturated heterocycles. The van der Waals surface area contributed by atoms with Gasteiger partial charge in [-0.05, 0) is 49.5 Å². The van der Waals surface area contributed by atoms with Crippen LogP contribution in [0.2, 0.25) is 0 Å². The summed E-state index contributed by atoms with van der Waals surface area (Å²) in [6.07, 6.45) is 3.01. The van der Waals surface area contributed by atoms with Gasteiger partial charge in [-0.3, -0.25) is 5.43 Å². The first-order valence-corrected chi connectivity index (χ1v) is 10.1. The van der Waals surface area contributed by atoms with Gasteiger partial charge in [-0.15, -0.1) is 0 Å². The van der Waals surface area contributed by atoms with E-state index in [4.69, 9.17) is 18.0 Å². The van der Waals surface area contributed by atoms with Gasteiger partial charge in [-0.2, -0.15) is 5.10 Å². The van der Waals surface area contributed by atoms with Crippen LogP contribution in [0, 0.1) is 6.92 Å². The van der Waals surface area contributed by atoms with Crippen molar-refractivity contribution in [1.82, 2.24) is 9.40 Å². The van der Waals surface area contributed by atoms with E-state index in [2.05, 4.69) is 26.5 Å². The Morgan fingerprint density at radius 2 is 1.96 bits per heavy atom. The van der Waals surface area contributed by atoms with Gasteiger partial charge in [0.15, 0.2) is 5.11 Å². The van der Waals surface area contributed by atoms with Crippen LogP contribution >= 0.6 is 28.1 Å². The smallest absolute Gasteiger partial charge is 0.268 e. The molecule has 1 aromatic heterocycles. The van der Waals surface area contributed by atoms with Crippen molar-refractivity contribution in [3.63, 3.8) is 0 Å². The van der Waals surface area contributed by atoms with Gasteiger partial charge in [-0.1, -0.05) is 33.6 Å². The molecule has 0 amide bonds. The van der Waals surface area contributed by atoms with E-state index >= 15 is 0 Å². The SMILES string of the molecule is Cc1ccc(S(=O)(=O)n2cc(/C=N\NC(N)=S)c3cc(Br)ccc32)cc1. The van der Waals surface area contributed by atoms with Crippen LogP contribution in [-0.4, -0.2) is 23.7 Å². The van der Waals surface area contributed by atoms with Crippen molar-refractivity contribution in [3.8, 4) is 0 Å². The van der Waals surface area contributed by atoms with Gasteiger partial charge in [0.2, 0.25) is 0 Å². The van der Waals surface area contributed by atoms with Crippen LogP contribution < -0.4 is 11.2 Å². The van der Waals surface area contributed by atoms with Gasteiger partial charge in [0.25, 0.3) is 10.0 Å². The van der Waals surface area contributed by atoms with Crippen molar-refractivity contribution in [2.45, 2.75) is 11.8 Å². The van der Waals surface area contributed by atoms with Crippen molar-refractivity contribution >= 4 is 60.4 Å². The molecule has 9 heteroatoms. The summed E-state index contributed by atoms with van der Waals surface area (Å²) in [5, 5.41) is 4.69. The third-order valence-electron chi connectivity index (χ3n) is 3.72. The maximum absolute atomic E-state index is 13.1. The van der Waals surface area contributed by atoms with E-state index in [1.807, 2.05) is 13.0 Å². The summed E-state index contributed by atoms with van der Waals surface area (Å²) in [6.45, 7) is 1.91. The molecule has 0 aliphatic heterocycles. The number of aromatic nitrogens is 1.